The number of carboxylic acid groups (broad SMARTS) is 1. The van der Waals surface area contributed by atoms with Crippen molar-refractivity contribution in [3.63, 3.8) is 0 Å². The minimum Gasteiger partial charge on any atom is -0.475 e. The molecule has 3 aromatic rings. The second-order valence-electron chi connectivity index (χ2n) is 8.99. The molecule has 220 valence electrons. The summed E-state index contributed by atoms with van der Waals surface area (Å²) in [6.07, 6.45) is -0.741. The second kappa shape index (κ2) is 11.8. The third kappa shape index (κ3) is 7.10. The molecule has 3 N–H and O–H groups in total. The van der Waals surface area contributed by atoms with Crippen LogP contribution >= 0.6 is 0 Å². The van der Waals surface area contributed by atoms with Crippen LogP contribution < -0.4 is 10.2 Å². The summed E-state index contributed by atoms with van der Waals surface area (Å²) in [4.78, 5) is 30.9. The van der Waals surface area contributed by atoms with Gasteiger partial charge in [0.1, 0.15) is 23.1 Å². The fourth-order valence-electron chi connectivity index (χ4n) is 3.82. The largest absolute Gasteiger partial charge is 0.490 e. The van der Waals surface area contributed by atoms with Crippen molar-refractivity contribution in [2.45, 2.75) is 50.6 Å². The molecule has 12 nitrogen and oxygen atoms in total. The van der Waals surface area contributed by atoms with Crippen LogP contribution in [-0.2, 0) is 16.8 Å². The number of nitrogens with one attached hydrogen (secondary N) is 2. The number of aryl methyl sites for hydroxylation is 1. The first kappa shape index (κ1) is 30.8. The van der Waals surface area contributed by atoms with E-state index in [0.717, 1.165) is 36.4 Å². The quantitative estimate of drug-likeness (QED) is 0.352. The number of amides is 1. The van der Waals surface area contributed by atoms with Crippen LogP contribution in [0, 0.1) is 11.3 Å². The molecule has 1 amide bonds. The lowest BCUT2D eigenvalue weighted by atomic mass is 9.87. The van der Waals surface area contributed by atoms with E-state index >= 15 is 0 Å². The standard InChI is InChI=1S/C21H22F3N9O.C2HF3O2/c1-3-16-15(7-28-31-16)14-6-29-33(10-14)20(4-5-25)11-32(12-20)18-9-26-17(8-27-18)19(34)30-13(2)21(22,23)24;3-2(4,5)1(6)7/h6-10,13H,3-4,11-12H2,1-2H3,(H,28,31)(H,30,34);(H,6,7). The summed E-state index contributed by atoms with van der Waals surface area (Å²) in [7, 11) is 0. The van der Waals surface area contributed by atoms with E-state index in [-0.39, 0.29) is 12.1 Å². The van der Waals surface area contributed by atoms with Crippen molar-refractivity contribution in [3.8, 4) is 17.2 Å². The van der Waals surface area contributed by atoms with Crippen LogP contribution in [0.3, 0.4) is 0 Å². The van der Waals surface area contributed by atoms with Crippen LogP contribution in [0.15, 0.2) is 31.0 Å². The lowest BCUT2D eigenvalue weighted by Crippen LogP contribution is -2.63. The maximum atomic E-state index is 12.7. The van der Waals surface area contributed by atoms with Gasteiger partial charge in [-0.1, -0.05) is 6.92 Å². The molecule has 0 saturated carbocycles. The van der Waals surface area contributed by atoms with Gasteiger partial charge in [-0.2, -0.15) is 41.8 Å². The van der Waals surface area contributed by atoms with Gasteiger partial charge < -0.3 is 15.3 Å². The van der Waals surface area contributed by atoms with Gasteiger partial charge in [-0.25, -0.2) is 14.8 Å². The van der Waals surface area contributed by atoms with Crippen molar-refractivity contribution in [1.29, 1.82) is 5.26 Å². The van der Waals surface area contributed by atoms with Gasteiger partial charge in [-0.3, -0.25) is 14.6 Å². The minimum absolute atomic E-state index is 0.216. The minimum atomic E-state index is -5.08. The molecule has 4 heterocycles. The molecule has 1 atom stereocenters. The molecule has 0 spiro atoms. The Bertz CT molecular complexity index is 1400. The predicted octanol–water partition coefficient (Wildman–Crippen LogP) is 3.07. The van der Waals surface area contributed by atoms with Gasteiger partial charge >= 0.3 is 18.3 Å². The van der Waals surface area contributed by atoms with Gasteiger partial charge in [-0.15, -0.1) is 0 Å². The van der Waals surface area contributed by atoms with Crippen molar-refractivity contribution >= 4 is 17.7 Å². The molecule has 1 fully saturated rings. The molecule has 1 aliphatic heterocycles. The van der Waals surface area contributed by atoms with Crippen molar-refractivity contribution in [2.75, 3.05) is 18.0 Å². The van der Waals surface area contributed by atoms with E-state index in [1.54, 1.807) is 10.9 Å². The number of nitrogens with zero attached hydrogens (tertiary/aromatic N) is 7. The lowest BCUT2D eigenvalue weighted by Gasteiger charge is -2.49. The number of halogens is 6. The topological polar surface area (TPSA) is 166 Å². The zero-order valence-corrected chi connectivity index (χ0v) is 21.5. The Balaban J connectivity index is 0.000000587. The molecule has 0 aromatic carbocycles. The smallest absolute Gasteiger partial charge is 0.475 e. The first-order valence-electron chi connectivity index (χ1n) is 11.8. The van der Waals surface area contributed by atoms with E-state index in [1.807, 2.05) is 29.5 Å². The average Bonchev–Trinajstić information content (AvgIpc) is 3.55. The summed E-state index contributed by atoms with van der Waals surface area (Å²) in [5.41, 5.74) is 1.99. The van der Waals surface area contributed by atoms with E-state index in [9.17, 15) is 36.4 Å². The SMILES string of the molecule is CCc1n[nH]cc1-c1cnn(C2(CC#N)CN(c3cnc(C(=O)NC(C)C(F)(F)F)cn3)C2)c1.O=C(O)C(F)(F)F. The number of carbonyl (C=O) groups excluding carboxylic acids is 1. The van der Waals surface area contributed by atoms with Crippen molar-refractivity contribution in [2.24, 2.45) is 0 Å². The summed E-state index contributed by atoms with van der Waals surface area (Å²) >= 11 is 0. The molecule has 1 unspecified atom stereocenters. The maximum absolute atomic E-state index is 12.7. The second-order valence-corrected chi connectivity index (χ2v) is 8.99. The third-order valence-electron chi connectivity index (χ3n) is 6.09. The Kier molecular flexibility index (Phi) is 8.89. The number of carbonyl (C=O) groups is 2. The first-order chi connectivity index (χ1) is 19.1. The van der Waals surface area contributed by atoms with Crippen LogP contribution in [-0.4, -0.2) is 78.4 Å². The number of carboxylic acids is 1. The number of aromatic amines is 1. The van der Waals surface area contributed by atoms with Crippen LogP contribution in [0.1, 0.15) is 36.5 Å². The third-order valence-corrected chi connectivity index (χ3v) is 6.09. The van der Waals surface area contributed by atoms with Crippen LogP contribution in [0.5, 0.6) is 0 Å². The molecule has 1 aliphatic rings. The number of H-pyrrole nitrogens is 1. The molecule has 18 heteroatoms. The van der Waals surface area contributed by atoms with E-state index in [0.29, 0.717) is 18.9 Å². The lowest BCUT2D eigenvalue weighted by molar-refractivity contribution is -0.192. The number of anilines is 1. The van der Waals surface area contributed by atoms with E-state index in [2.05, 4.69) is 31.3 Å². The number of alkyl halides is 6. The van der Waals surface area contributed by atoms with E-state index < -0.39 is 35.8 Å². The Morgan fingerprint density at radius 2 is 1.85 bits per heavy atom. The fraction of sp³-hybridized carbons (Fsp3) is 0.435. The van der Waals surface area contributed by atoms with Crippen LogP contribution in [0.2, 0.25) is 0 Å². The molecule has 41 heavy (non-hydrogen) atoms. The highest BCUT2D eigenvalue weighted by atomic mass is 19.4. The Morgan fingerprint density at radius 3 is 2.37 bits per heavy atom. The number of nitriles is 1. The molecule has 0 aliphatic carbocycles. The number of rotatable bonds is 7. The van der Waals surface area contributed by atoms with Crippen LogP contribution in [0.4, 0.5) is 32.2 Å². The summed E-state index contributed by atoms with van der Waals surface area (Å²) in [6.45, 7) is 3.72. The summed E-state index contributed by atoms with van der Waals surface area (Å²) in [5.74, 6) is -3.27. The zero-order chi connectivity index (χ0) is 30.6. The zero-order valence-electron chi connectivity index (χ0n) is 21.5. The highest BCUT2D eigenvalue weighted by molar-refractivity contribution is 5.92. The summed E-state index contributed by atoms with van der Waals surface area (Å²) in [5, 5.41) is 30.0. The number of hydrogen-bond acceptors (Lipinski definition) is 8. The number of aromatic nitrogens is 6. The fourth-order valence-corrected chi connectivity index (χ4v) is 3.82. The first-order valence-corrected chi connectivity index (χ1v) is 11.8. The molecule has 1 saturated heterocycles. The van der Waals surface area contributed by atoms with Crippen molar-refractivity contribution < 1.29 is 41.0 Å². The molecular formula is C23H23F6N9O3. The Morgan fingerprint density at radius 1 is 1.20 bits per heavy atom. The molecule has 0 bridgehead atoms. The van der Waals surface area contributed by atoms with Gasteiger partial charge in [0.15, 0.2) is 0 Å². The van der Waals surface area contributed by atoms with E-state index in [1.165, 1.54) is 6.20 Å². The van der Waals surface area contributed by atoms with Gasteiger partial charge in [0.05, 0.1) is 36.8 Å². The van der Waals surface area contributed by atoms with Crippen molar-refractivity contribution in [1.82, 2.24) is 35.3 Å². The molecule has 3 aromatic heterocycles. The Labute approximate surface area is 228 Å². The highest BCUT2D eigenvalue weighted by Crippen LogP contribution is 2.36. The van der Waals surface area contributed by atoms with E-state index in [4.69, 9.17) is 9.90 Å². The predicted molar refractivity (Wildman–Crippen MR) is 128 cm³/mol. The molecule has 4 rings (SSSR count). The highest BCUT2D eigenvalue weighted by Gasteiger charge is 2.46. The number of aliphatic carboxylic acids is 1. The monoisotopic (exact) mass is 587 g/mol. The van der Waals surface area contributed by atoms with Gasteiger partial charge in [0, 0.05) is 36.6 Å². The summed E-state index contributed by atoms with van der Waals surface area (Å²) < 4.78 is 71.5. The van der Waals surface area contributed by atoms with Gasteiger partial charge in [0.2, 0.25) is 0 Å². The normalized spacial score (nSPS) is 15.1. The number of hydrogen-bond donors (Lipinski definition) is 3. The average molecular weight is 587 g/mol. The molecular weight excluding hydrogens is 564 g/mol. The van der Waals surface area contributed by atoms with Gasteiger partial charge in [-0.05, 0) is 13.3 Å². The van der Waals surface area contributed by atoms with Gasteiger partial charge in [0.25, 0.3) is 5.91 Å². The Hall–Kier alpha value is -4.69. The van der Waals surface area contributed by atoms with Crippen molar-refractivity contribution in [3.05, 3.63) is 42.4 Å². The maximum Gasteiger partial charge on any atom is 0.490 e. The molecule has 0 radical (unpaired) electrons. The van der Waals surface area contributed by atoms with Crippen LogP contribution in [0.25, 0.3) is 11.1 Å². The summed E-state index contributed by atoms with van der Waals surface area (Å²) in [6, 6.07) is 0.213.